The number of benzene rings is 2. The standard InChI is InChI=1S/C23H24N2O4/c1-28-19-7-8-20-17(15-29-21(20)14-19)13-22(26)25-11-9-16(10-12-25)23(27)24-18-5-3-2-4-6-18/h2-8,14-16H,9-13H2,1H3,(H,24,27). The Bertz CT molecular complexity index is 1000. The third-order valence-electron chi connectivity index (χ3n) is 5.46. The molecular formula is C23H24N2O4. The molecule has 2 aromatic carbocycles. The summed E-state index contributed by atoms with van der Waals surface area (Å²) in [4.78, 5) is 27.1. The molecule has 6 nitrogen and oxygen atoms in total. The van der Waals surface area contributed by atoms with Gasteiger partial charge in [0.05, 0.1) is 19.8 Å². The molecule has 150 valence electrons. The maximum absolute atomic E-state index is 12.8. The zero-order valence-electron chi connectivity index (χ0n) is 16.4. The van der Waals surface area contributed by atoms with Crippen LogP contribution in [0.25, 0.3) is 11.0 Å². The summed E-state index contributed by atoms with van der Waals surface area (Å²) in [5.74, 6) is 0.741. The van der Waals surface area contributed by atoms with Gasteiger partial charge in [0.25, 0.3) is 0 Å². The van der Waals surface area contributed by atoms with Crippen LogP contribution in [0.15, 0.2) is 59.2 Å². The molecule has 0 unspecified atom stereocenters. The molecule has 1 aliphatic heterocycles. The maximum Gasteiger partial charge on any atom is 0.227 e. The molecule has 0 aliphatic carbocycles. The zero-order valence-corrected chi connectivity index (χ0v) is 16.4. The molecule has 0 atom stereocenters. The van der Waals surface area contributed by atoms with Crippen molar-refractivity contribution in [1.29, 1.82) is 0 Å². The van der Waals surface area contributed by atoms with Crippen LogP contribution in [-0.2, 0) is 16.0 Å². The predicted molar refractivity (Wildman–Crippen MR) is 111 cm³/mol. The van der Waals surface area contributed by atoms with Crippen LogP contribution >= 0.6 is 0 Å². The molecule has 1 fully saturated rings. The summed E-state index contributed by atoms with van der Waals surface area (Å²) < 4.78 is 10.8. The van der Waals surface area contributed by atoms with E-state index in [9.17, 15) is 9.59 Å². The lowest BCUT2D eigenvalue weighted by Crippen LogP contribution is -2.42. The summed E-state index contributed by atoms with van der Waals surface area (Å²) in [6.07, 6.45) is 3.28. The second-order valence-corrected chi connectivity index (χ2v) is 7.31. The van der Waals surface area contributed by atoms with Crippen molar-refractivity contribution in [3.8, 4) is 5.75 Å². The van der Waals surface area contributed by atoms with E-state index in [0.717, 1.165) is 22.4 Å². The Hall–Kier alpha value is -3.28. The van der Waals surface area contributed by atoms with E-state index in [0.29, 0.717) is 37.9 Å². The third-order valence-corrected chi connectivity index (χ3v) is 5.46. The molecule has 4 rings (SSSR count). The number of fused-ring (bicyclic) bond motifs is 1. The number of anilines is 1. The number of methoxy groups -OCH3 is 1. The van der Waals surface area contributed by atoms with Crippen molar-refractivity contribution in [3.63, 3.8) is 0 Å². The van der Waals surface area contributed by atoms with Crippen LogP contribution in [0.2, 0.25) is 0 Å². The van der Waals surface area contributed by atoms with Crippen molar-refractivity contribution < 1.29 is 18.7 Å². The molecule has 1 aromatic heterocycles. The second-order valence-electron chi connectivity index (χ2n) is 7.31. The van der Waals surface area contributed by atoms with E-state index in [1.807, 2.05) is 53.4 Å². The molecule has 29 heavy (non-hydrogen) atoms. The SMILES string of the molecule is COc1ccc2c(CC(=O)N3CCC(C(=O)Nc4ccccc4)CC3)coc2c1. The molecule has 0 bridgehead atoms. The number of amides is 2. The zero-order chi connectivity index (χ0) is 20.2. The van der Waals surface area contributed by atoms with E-state index in [4.69, 9.17) is 9.15 Å². The Morgan fingerprint density at radius 1 is 1.14 bits per heavy atom. The van der Waals surface area contributed by atoms with Crippen molar-refractivity contribution in [2.24, 2.45) is 5.92 Å². The van der Waals surface area contributed by atoms with Gasteiger partial charge in [0, 0.05) is 41.7 Å². The first-order chi connectivity index (χ1) is 14.1. The van der Waals surface area contributed by atoms with Gasteiger partial charge in [-0.1, -0.05) is 18.2 Å². The molecule has 0 spiro atoms. The number of nitrogens with zero attached hydrogens (tertiary/aromatic N) is 1. The van der Waals surface area contributed by atoms with Crippen LogP contribution in [-0.4, -0.2) is 36.9 Å². The first-order valence-corrected chi connectivity index (χ1v) is 9.82. The Labute approximate surface area is 169 Å². The number of carbonyl (C=O) groups is 2. The van der Waals surface area contributed by atoms with Gasteiger partial charge in [-0.2, -0.15) is 0 Å². The minimum absolute atomic E-state index is 0.0260. The number of furan rings is 1. The van der Waals surface area contributed by atoms with Crippen LogP contribution < -0.4 is 10.1 Å². The Morgan fingerprint density at radius 2 is 1.90 bits per heavy atom. The van der Waals surface area contributed by atoms with Gasteiger partial charge in [0.15, 0.2) is 0 Å². The normalized spacial score (nSPS) is 14.7. The molecule has 2 heterocycles. The van der Waals surface area contributed by atoms with Crippen molar-refractivity contribution in [3.05, 3.63) is 60.4 Å². The third kappa shape index (κ3) is 4.26. The van der Waals surface area contributed by atoms with Crippen molar-refractivity contribution in [2.75, 3.05) is 25.5 Å². The molecule has 1 aliphatic rings. The van der Waals surface area contributed by atoms with E-state index >= 15 is 0 Å². The van der Waals surface area contributed by atoms with E-state index in [1.165, 1.54) is 0 Å². The van der Waals surface area contributed by atoms with Crippen LogP contribution in [0.3, 0.4) is 0 Å². The average molecular weight is 392 g/mol. The molecule has 3 aromatic rings. The average Bonchev–Trinajstić information content (AvgIpc) is 3.16. The first kappa shape index (κ1) is 19.1. The number of hydrogen-bond donors (Lipinski definition) is 1. The highest BCUT2D eigenvalue weighted by Crippen LogP contribution is 2.27. The lowest BCUT2D eigenvalue weighted by molar-refractivity contribution is -0.133. The van der Waals surface area contributed by atoms with Crippen molar-refractivity contribution >= 4 is 28.5 Å². The number of hydrogen-bond acceptors (Lipinski definition) is 4. The van der Waals surface area contributed by atoms with Crippen molar-refractivity contribution in [1.82, 2.24) is 4.90 Å². The molecule has 0 saturated carbocycles. The van der Waals surface area contributed by atoms with Crippen LogP contribution in [0.5, 0.6) is 5.75 Å². The minimum atomic E-state index is -0.0681. The molecule has 1 N–H and O–H groups in total. The van der Waals surface area contributed by atoms with E-state index < -0.39 is 0 Å². The van der Waals surface area contributed by atoms with Gasteiger partial charge in [-0.15, -0.1) is 0 Å². The summed E-state index contributed by atoms with van der Waals surface area (Å²) in [6, 6.07) is 15.1. The number of likely N-dealkylation sites (tertiary alicyclic amines) is 1. The summed E-state index contributed by atoms with van der Waals surface area (Å²) in [5.41, 5.74) is 2.39. The van der Waals surface area contributed by atoms with E-state index in [2.05, 4.69) is 5.32 Å². The maximum atomic E-state index is 12.8. The summed E-state index contributed by atoms with van der Waals surface area (Å²) >= 11 is 0. The Morgan fingerprint density at radius 3 is 2.62 bits per heavy atom. The van der Waals surface area contributed by atoms with Crippen LogP contribution in [0.4, 0.5) is 5.69 Å². The van der Waals surface area contributed by atoms with Crippen LogP contribution in [0.1, 0.15) is 18.4 Å². The van der Waals surface area contributed by atoms with Gasteiger partial charge in [-0.25, -0.2) is 0 Å². The van der Waals surface area contributed by atoms with Gasteiger partial charge in [0.2, 0.25) is 11.8 Å². The van der Waals surface area contributed by atoms with E-state index in [1.54, 1.807) is 13.4 Å². The largest absolute Gasteiger partial charge is 0.497 e. The van der Waals surface area contributed by atoms with Gasteiger partial charge in [-0.3, -0.25) is 9.59 Å². The van der Waals surface area contributed by atoms with Gasteiger partial charge in [0.1, 0.15) is 11.3 Å². The highest BCUT2D eigenvalue weighted by Gasteiger charge is 2.27. The summed E-state index contributed by atoms with van der Waals surface area (Å²) in [7, 11) is 1.61. The van der Waals surface area contributed by atoms with Gasteiger partial charge in [-0.05, 0) is 37.1 Å². The number of rotatable bonds is 5. The minimum Gasteiger partial charge on any atom is -0.497 e. The summed E-state index contributed by atoms with van der Waals surface area (Å²) in [6.45, 7) is 1.19. The fourth-order valence-electron chi connectivity index (χ4n) is 3.76. The second kappa shape index (κ2) is 8.39. The monoisotopic (exact) mass is 392 g/mol. The highest BCUT2D eigenvalue weighted by molar-refractivity contribution is 5.93. The van der Waals surface area contributed by atoms with Crippen molar-refractivity contribution in [2.45, 2.75) is 19.3 Å². The van der Waals surface area contributed by atoms with Gasteiger partial charge >= 0.3 is 0 Å². The van der Waals surface area contributed by atoms with Crippen LogP contribution in [0, 0.1) is 5.92 Å². The number of para-hydroxylation sites is 1. The molecule has 1 saturated heterocycles. The number of ether oxygens (including phenoxy) is 1. The quantitative estimate of drug-likeness (QED) is 0.716. The molecule has 6 heteroatoms. The first-order valence-electron chi connectivity index (χ1n) is 9.82. The number of carbonyl (C=O) groups excluding carboxylic acids is 2. The Balaban J connectivity index is 1.33. The van der Waals surface area contributed by atoms with E-state index in [-0.39, 0.29) is 17.7 Å². The lowest BCUT2D eigenvalue weighted by Gasteiger charge is -2.31. The smallest absolute Gasteiger partial charge is 0.227 e. The fraction of sp³-hybridized carbons (Fsp3) is 0.304. The molecular weight excluding hydrogens is 368 g/mol. The highest BCUT2D eigenvalue weighted by atomic mass is 16.5. The summed E-state index contributed by atoms with van der Waals surface area (Å²) in [5, 5.41) is 3.88. The topological polar surface area (TPSA) is 71.8 Å². The molecule has 0 radical (unpaired) electrons. The number of nitrogens with one attached hydrogen (secondary N) is 1. The predicted octanol–water partition coefficient (Wildman–Crippen LogP) is 3.86. The fourth-order valence-corrected chi connectivity index (χ4v) is 3.76. The van der Waals surface area contributed by atoms with Gasteiger partial charge < -0.3 is 19.4 Å². The molecule has 2 amide bonds. The lowest BCUT2D eigenvalue weighted by atomic mass is 9.95. The Kier molecular flexibility index (Phi) is 5.51. The number of piperidine rings is 1.